The molecule has 1 N–H and O–H groups in total. The molecule has 5 aromatic rings. The maximum Gasteiger partial charge on any atom is 0.296 e. The summed E-state index contributed by atoms with van der Waals surface area (Å²) in [6, 6.07) is 29.1. The fourth-order valence-corrected chi connectivity index (χ4v) is 6.43. The van der Waals surface area contributed by atoms with Gasteiger partial charge in [0.25, 0.3) is 5.91 Å². The van der Waals surface area contributed by atoms with Crippen molar-refractivity contribution in [3.63, 3.8) is 0 Å². The Morgan fingerprint density at radius 1 is 0.952 bits per heavy atom. The molecule has 1 aliphatic heterocycles. The van der Waals surface area contributed by atoms with Crippen LogP contribution in [0.3, 0.4) is 0 Å². The van der Waals surface area contributed by atoms with Crippen LogP contribution in [0.5, 0.6) is 5.75 Å². The molecule has 0 saturated carbocycles. The summed E-state index contributed by atoms with van der Waals surface area (Å²) in [5.41, 5.74) is 2.67. The lowest BCUT2D eigenvalue weighted by molar-refractivity contribution is -0.117. The van der Waals surface area contributed by atoms with Crippen molar-refractivity contribution in [1.29, 1.82) is 0 Å². The van der Waals surface area contributed by atoms with E-state index >= 15 is 0 Å². The van der Waals surface area contributed by atoms with E-state index in [1.54, 1.807) is 37.3 Å². The molecule has 0 radical (unpaired) electrons. The standard InChI is InChI=1S/C32H25N3O5S2/c1-20-12-17-25(40-20)28(36)26-27(23-13-15-24(16-14-23)39-18-21-8-4-2-5-9-21)35(30(38)29(26)37)31-33-34-32(42-31)41-19-22-10-6-3-7-11-22/h2-17,27,37H,18-19H2,1H3. The molecule has 42 heavy (non-hydrogen) atoms. The predicted molar refractivity (Wildman–Crippen MR) is 161 cm³/mol. The number of thioether (sulfide) groups is 1. The Balaban J connectivity index is 1.30. The fraction of sp³-hybridized carbons (Fsp3) is 0.125. The van der Waals surface area contributed by atoms with Crippen LogP contribution in [0.4, 0.5) is 5.13 Å². The molecule has 2 aromatic heterocycles. The molecule has 0 fully saturated rings. The van der Waals surface area contributed by atoms with Crippen molar-refractivity contribution in [2.24, 2.45) is 0 Å². The van der Waals surface area contributed by atoms with Crippen LogP contribution in [0.1, 0.15) is 39.0 Å². The number of aliphatic hydroxyl groups excluding tert-OH is 1. The van der Waals surface area contributed by atoms with Gasteiger partial charge in [-0.25, -0.2) is 0 Å². The van der Waals surface area contributed by atoms with Gasteiger partial charge in [0.1, 0.15) is 18.1 Å². The second-order valence-corrected chi connectivity index (χ2v) is 11.7. The third-order valence-electron chi connectivity index (χ3n) is 6.67. The van der Waals surface area contributed by atoms with Crippen molar-refractivity contribution in [3.05, 3.63) is 137 Å². The number of furan rings is 1. The number of Topliss-reactive ketones (excluding diaryl/α,β-unsaturated/α-hetero) is 1. The molecular weight excluding hydrogens is 571 g/mol. The zero-order valence-corrected chi connectivity index (χ0v) is 24.1. The number of hydrogen-bond acceptors (Lipinski definition) is 9. The van der Waals surface area contributed by atoms with E-state index in [0.29, 0.717) is 33.8 Å². The molecule has 0 saturated heterocycles. The number of aliphatic hydroxyl groups is 1. The van der Waals surface area contributed by atoms with Gasteiger partial charge in [0.2, 0.25) is 10.9 Å². The summed E-state index contributed by atoms with van der Waals surface area (Å²) >= 11 is 2.72. The van der Waals surface area contributed by atoms with Crippen LogP contribution in [-0.2, 0) is 17.2 Å². The molecule has 210 valence electrons. The van der Waals surface area contributed by atoms with Gasteiger partial charge < -0.3 is 14.3 Å². The smallest absolute Gasteiger partial charge is 0.296 e. The van der Waals surface area contributed by atoms with E-state index in [2.05, 4.69) is 10.2 Å². The van der Waals surface area contributed by atoms with E-state index in [1.807, 2.05) is 60.7 Å². The maximum atomic E-state index is 13.6. The van der Waals surface area contributed by atoms with Gasteiger partial charge in [-0.3, -0.25) is 14.5 Å². The first-order valence-corrected chi connectivity index (χ1v) is 14.9. The Bertz CT molecular complexity index is 1750. The number of nitrogens with zero attached hydrogens (tertiary/aromatic N) is 3. The number of aromatic nitrogens is 2. The molecule has 1 amide bonds. The Kier molecular flexibility index (Phi) is 7.89. The number of ketones is 1. The van der Waals surface area contributed by atoms with Crippen LogP contribution < -0.4 is 9.64 Å². The lowest BCUT2D eigenvalue weighted by Crippen LogP contribution is -2.31. The molecule has 0 spiro atoms. The van der Waals surface area contributed by atoms with Crippen molar-refractivity contribution in [3.8, 4) is 5.75 Å². The average molecular weight is 596 g/mol. The number of carbonyl (C=O) groups excluding carboxylic acids is 2. The third-order valence-corrected chi connectivity index (χ3v) is 8.80. The fourth-order valence-electron chi connectivity index (χ4n) is 4.60. The number of anilines is 1. The minimum Gasteiger partial charge on any atom is -0.503 e. The van der Waals surface area contributed by atoms with E-state index < -0.39 is 23.5 Å². The van der Waals surface area contributed by atoms with E-state index in [1.165, 1.54) is 34.1 Å². The summed E-state index contributed by atoms with van der Waals surface area (Å²) < 4.78 is 12.2. The van der Waals surface area contributed by atoms with E-state index in [4.69, 9.17) is 9.15 Å². The number of carbonyl (C=O) groups is 2. The molecule has 10 heteroatoms. The van der Waals surface area contributed by atoms with Crippen molar-refractivity contribution in [1.82, 2.24) is 10.2 Å². The summed E-state index contributed by atoms with van der Waals surface area (Å²) in [6.07, 6.45) is 0. The predicted octanol–water partition coefficient (Wildman–Crippen LogP) is 7.09. The minimum atomic E-state index is -0.946. The summed E-state index contributed by atoms with van der Waals surface area (Å²) in [6.45, 7) is 2.11. The van der Waals surface area contributed by atoms with Crippen LogP contribution in [0, 0.1) is 6.92 Å². The number of ether oxygens (including phenoxy) is 1. The molecule has 3 heterocycles. The zero-order valence-electron chi connectivity index (χ0n) is 22.5. The van der Waals surface area contributed by atoms with Gasteiger partial charge in [0, 0.05) is 5.75 Å². The third kappa shape index (κ3) is 5.72. The summed E-state index contributed by atoms with van der Waals surface area (Å²) in [4.78, 5) is 28.4. The molecular formula is C32H25N3O5S2. The van der Waals surface area contributed by atoms with Gasteiger partial charge in [-0.15, -0.1) is 10.2 Å². The van der Waals surface area contributed by atoms with Gasteiger partial charge in [-0.05, 0) is 47.9 Å². The highest BCUT2D eigenvalue weighted by Gasteiger charge is 2.46. The SMILES string of the molecule is Cc1ccc(C(=O)C2=C(O)C(=O)N(c3nnc(SCc4ccccc4)s3)C2c2ccc(OCc3ccccc3)cc2)o1. The van der Waals surface area contributed by atoms with Gasteiger partial charge in [-0.2, -0.15) is 0 Å². The quantitative estimate of drug-likeness (QED) is 0.104. The van der Waals surface area contributed by atoms with Crippen molar-refractivity contribution in [2.45, 2.75) is 29.7 Å². The van der Waals surface area contributed by atoms with E-state index in [9.17, 15) is 14.7 Å². The second kappa shape index (κ2) is 12.1. The second-order valence-electron chi connectivity index (χ2n) is 9.55. The summed E-state index contributed by atoms with van der Waals surface area (Å²) in [7, 11) is 0. The highest BCUT2D eigenvalue weighted by Crippen LogP contribution is 2.44. The highest BCUT2D eigenvalue weighted by atomic mass is 32.2. The van der Waals surface area contributed by atoms with Crippen LogP contribution in [0.25, 0.3) is 0 Å². The van der Waals surface area contributed by atoms with Gasteiger partial charge in [-0.1, -0.05) is 95.9 Å². The van der Waals surface area contributed by atoms with Gasteiger partial charge in [0.05, 0.1) is 11.6 Å². The van der Waals surface area contributed by atoms with Crippen LogP contribution in [0.15, 0.2) is 117 Å². The largest absolute Gasteiger partial charge is 0.503 e. The zero-order chi connectivity index (χ0) is 29.1. The highest BCUT2D eigenvalue weighted by molar-refractivity contribution is 8.00. The van der Waals surface area contributed by atoms with E-state index in [0.717, 1.165) is 11.1 Å². The van der Waals surface area contributed by atoms with Crippen molar-refractivity contribution < 1.29 is 23.8 Å². The van der Waals surface area contributed by atoms with Crippen molar-refractivity contribution in [2.75, 3.05) is 4.90 Å². The molecule has 0 bridgehead atoms. The number of hydrogen-bond donors (Lipinski definition) is 1. The molecule has 1 unspecified atom stereocenters. The average Bonchev–Trinajstić information content (AvgIpc) is 3.74. The van der Waals surface area contributed by atoms with Gasteiger partial charge in [0.15, 0.2) is 15.9 Å². The molecule has 0 aliphatic carbocycles. The molecule has 8 nitrogen and oxygen atoms in total. The Morgan fingerprint density at radius 2 is 1.64 bits per heavy atom. The van der Waals surface area contributed by atoms with Crippen molar-refractivity contribution >= 4 is 39.9 Å². The van der Waals surface area contributed by atoms with Crippen LogP contribution >= 0.6 is 23.1 Å². The number of aryl methyl sites for hydroxylation is 1. The van der Waals surface area contributed by atoms with Crippen LogP contribution in [0.2, 0.25) is 0 Å². The monoisotopic (exact) mass is 595 g/mol. The first-order chi connectivity index (χ1) is 20.5. The molecule has 6 rings (SSSR count). The Hall–Kier alpha value is -4.67. The first-order valence-electron chi connectivity index (χ1n) is 13.1. The topological polar surface area (TPSA) is 106 Å². The minimum absolute atomic E-state index is 0.0351. The summed E-state index contributed by atoms with van der Waals surface area (Å²) in [5, 5.41) is 19.9. The van der Waals surface area contributed by atoms with Gasteiger partial charge >= 0.3 is 0 Å². The Morgan fingerprint density at radius 3 is 2.31 bits per heavy atom. The lowest BCUT2D eigenvalue weighted by atomic mass is 9.95. The number of benzene rings is 3. The number of rotatable bonds is 10. The lowest BCUT2D eigenvalue weighted by Gasteiger charge is -2.24. The number of amides is 1. The molecule has 3 aromatic carbocycles. The maximum absolute atomic E-state index is 13.6. The Labute approximate surface area is 250 Å². The summed E-state index contributed by atoms with van der Waals surface area (Å²) in [5.74, 6) is -0.0644. The first kappa shape index (κ1) is 27.5. The normalized spacial score (nSPS) is 14.9. The van der Waals surface area contributed by atoms with E-state index in [-0.39, 0.29) is 16.5 Å². The molecule has 1 aliphatic rings. The van der Waals surface area contributed by atoms with Crippen LogP contribution in [-0.4, -0.2) is 27.0 Å². The molecule has 1 atom stereocenters.